The quantitative estimate of drug-likeness (QED) is 0.593. The first-order valence-corrected chi connectivity index (χ1v) is 7.35. The Kier molecular flexibility index (Phi) is 6.71. The summed E-state index contributed by atoms with van der Waals surface area (Å²) in [4.78, 5) is 0. The number of unbranched alkanes of at least 4 members (excludes halogenated alkanes) is 2. The van der Waals surface area contributed by atoms with Crippen molar-refractivity contribution in [3.8, 4) is 0 Å². The molecule has 0 heterocycles. The molecule has 0 aliphatic rings. The Morgan fingerprint density at radius 2 is 1.38 bits per heavy atom. The molecule has 0 aliphatic carbocycles. The number of nitrogens with zero attached hydrogens (tertiary/aromatic N) is 1. The maximum absolute atomic E-state index is 12.4. The Morgan fingerprint density at radius 1 is 1.00 bits per heavy atom. The van der Waals surface area contributed by atoms with Crippen LogP contribution in [0.3, 0.4) is 0 Å². The summed E-state index contributed by atoms with van der Waals surface area (Å²) in [6.07, 6.45) is 6.28. The van der Waals surface area contributed by atoms with Crippen LogP contribution in [-0.2, 0) is 4.57 Å². The second kappa shape index (κ2) is 6.62. The predicted molar refractivity (Wildman–Crippen MR) is 60.8 cm³/mol. The third-order valence-electron chi connectivity index (χ3n) is 2.45. The summed E-state index contributed by atoms with van der Waals surface area (Å²) in [7, 11) is 1.91. The van der Waals surface area contributed by atoms with E-state index in [4.69, 9.17) is 0 Å². The maximum atomic E-state index is 12.4. The Morgan fingerprint density at radius 3 is 1.62 bits per heavy atom. The molecule has 0 amide bonds. The molecule has 0 radical (unpaired) electrons. The largest absolute Gasteiger partial charge is 0.307 e. The fraction of sp³-hybridized carbons (Fsp3) is 1.00. The van der Waals surface area contributed by atoms with Gasteiger partial charge in [-0.15, -0.1) is 0 Å². The van der Waals surface area contributed by atoms with Crippen molar-refractivity contribution in [1.29, 1.82) is 0 Å². The lowest BCUT2D eigenvalue weighted by molar-refractivity contribution is 0.509. The highest BCUT2D eigenvalue weighted by Gasteiger charge is 2.22. The van der Waals surface area contributed by atoms with E-state index in [0.29, 0.717) is 0 Å². The van der Waals surface area contributed by atoms with Crippen LogP contribution in [0.25, 0.3) is 0 Å². The highest BCUT2D eigenvalue weighted by Crippen LogP contribution is 2.48. The molecule has 0 atom stereocenters. The van der Waals surface area contributed by atoms with E-state index < -0.39 is 7.29 Å². The van der Waals surface area contributed by atoms with E-state index in [1.54, 1.807) is 0 Å². The van der Waals surface area contributed by atoms with Crippen LogP contribution in [0.4, 0.5) is 0 Å². The lowest BCUT2D eigenvalue weighted by atomic mass is 10.4. The lowest BCUT2D eigenvalue weighted by Crippen LogP contribution is -2.14. The minimum atomic E-state index is -1.99. The molecule has 0 aliphatic heterocycles. The Bertz CT molecular complexity index is 156. The zero-order valence-electron chi connectivity index (χ0n) is 9.55. The molecule has 3 heteroatoms. The molecule has 0 aromatic carbocycles. The molecule has 0 spiro atoms. The summed E-state index contributed by atoms with van der Waals surface area (Å²) in [5.74, 6) is 0. The number of rotatable bonds is 7. The smallest absolute Gasteiger partial charge is 0.149 e. The van der Waals surface area contributed by atoms with Gasteiger partial charge in [0.1, 0.15) is 7.29 Å². The SMILES string of the molecule is CCCCP(=O)(CCCC)N(C)C. The first-order valence-electron chi connectivity index (χ1n) is 5.32. The summed E-state index contributed by atoms with van der Waals surface area (Å²) in [5, 5.41) is 0. The van der Waals surface area contributed by atoms with Crippen LogP contribution in [0.1, 0.15) is 39.5 Å². The molecule has 13 heavy (non-hydrogen) atoms. The standard InChI is InChI=1S/C10H24NOP/c1-5-7-9-13(12,11(3)4)10-8-6-2/h5-10H2,1-4H3. The zero-order chi connectivity index (χ0) is 10.3. The van der Waals surface area contributed by atoms with E-state index in [9.17, 15) is 4.57 Å². The van der Waals surface area contributed by atoms with Crippen molar-refractivity contribution in [2.24, 2.45) is 0 Å². The maximum Gasteiger partial charge on any atom is 0.149 e. The predicted octanol–water partition coefficient (Wildman–Crippen LogP) is 3.43. The molecule has 80 valence electrons. The van der Waals surface area contributed by atoms with Gasteiger partial charge in [-0.05, 0) is 26.9 Å². The average molecular weight is 205 g/mol. The van der Waals surface area contributed by atoms with E-state index in [1.807, 2.05) is 18.8 Å². The third kappa shape index (κ3) is 4.83. The van der Waals surface area contributed by atoms with Gasteiger partial charge in [0.25, 0.3) is 0 Å². The van der Waals surface area contributed by atoms with Crippen LogP contribution in [0.2, 0.25) is 0 Å². The van der Waals surface area contributed by atoms with Gasteiger partial charge in [-0.25, -0.2) is 0 Å². The summed E-state index contributed by atoms with van der Waals surface area (Å²) in [6.45, 7) is 4.31. The van der Waals surface area contributed by atoms with E-state index in [1.165, 1.54) is 0 Å². The van der Waals surface area contributed by atoms with Crippen molar-refractivity contribution in [3.05, 3.63) is 0 Å². The lowest BCUT2D eigenvalue weighted by Gasteiger charge is -2.24. The normalized spacial score (nSPS) is 12.4. The molecule has 0 aromatic rings. The third-order valence-corrected chi connectivity index (χ3v) is 5.94. The van der Waals surface area contributed by atoms with Crippen LogP contribution >= 0.6 is 7.29 Å². The molecule has 0 unspecified atom stereocenters. The summed E-state index contributed by atoms with van der Waals surface area (Å²) >= 11 is 0. The van der Waals surface area contributed by atoms with Gasteiger partial charge in [-0.2, -0.15) is 0 Å². The van der Waals surface area contributed by atoms with Crippen molar-refractivity contribution in [2.45, 2.75) is 39.5 Å². The molecule has 0 saturated heterocycles. The fourth-order valence-corrected chi connectivity index (χ4v) is 3.97. The highest BCUT2D eigenvalue weighted by atomic mass is 31.2. The van der Waals surface area contributed by atoms with E-state index >= 15 is 0 Å². The topological polar surface area (TPSA) is 20.3 Å². The Balaban J connectivity index is 4.09. The molecule has 0 saturated carbocycles. The van der Waals surface area contributed by atoms with Gasteiger partial charge in [0.2, 0.25) is 0 Å². The van der Waals surface area contributed by atoms with Crippen LogP contribution in [0.5, 0.6) is 0 Å². The van der Waals surface area contributed by atoms with Gasteiger partial charge in [0.15, 0.2) is 0 Å². The number of hydrogen-bond acceptors (Lipinski definition) is 1. The molecule has 0 rings (SSSR count). The molecular weight excluding hydrogens is 181 g/mol. The van der Waals surface area contributed by atoms with Crippen molar-refractivity contribution < 1.29 is 4.57 Å². The zero-order valence-corrected chi connectivity index (χ0v) is 10.4. The average Bonchev–Trinajstić information content (AvgIpc) is 2.11. The van der Waals surface area contributed by atoms with Gasteiger partial charge < -0.3 is 4.57 Å². The molecule has 0 bridgehead atoms. The van der Waals surface area contributed by atoms with Crippen LogP contribution in [0.15, 0.2) is 0 Å². The van der Waals surface area contributed by atoms with Gasteiger partial charge in [0.05, 0.1) is 0 Å². The fourth-order valence-electron chi connectivity index (χ4n) is 1.32. The second-order valence-corrected chi connectivity index (χ2v) is 7.23. The van der Waals surface area contributed by atoms with Crippen molar-refractivity contribution in [2.75, 3.05) is 26.4 Å². The van der Waals surface area contributed by atoms with Gasteiger partial charge in [-0.1, -0.05) is 26.7 Å². The molecule has 0 N–H and O–H groups in total. The van der Waals surface area contributed by atoms with Gasteiger partial charge >= 0.3 is 0 Å². The Labute approximate surface area is 83.1 Å². The van der Waals surface area contributed by atoms with Gasteiger partial charge in [0, 0.05) is 12.3 Å². The van der Waals surface area contributed by atoms with Crippen LogP contribution in [0, 0.1) is 0 Å². The molecule has 2 nitrogen and oxygen atoms in total. The second-order valence-electron chi connectivity index (χ2n) is 3.85. The van der Waals surface area contributed by atoms with Crippen LogP contribution in [-0.4, -0.2) is 31.1 Å². The van der Waals surface area contributed by atoms with E-state index in [2.05, 4.69) is 13.8 Å². The summed E-state index contributed by atoms with van der Waals surface area (Å²) in [5.41, 5.74) is 0. The summed E-state index contributed by atoms with van der Waals surface area (Å²) < 4.78 is 14.3. The van der Waals surface area contributed by atoms with Crippen LogP contribution < -0.4 is 0 Å². The monoisotopic (exact) mass is 205 g/mol. The summed E-state index contributed by atoms with van der Waals surface area (Å²) in [6, 6.07) is 0. The molecule has 0 fully saturated rings. The first kappa shape index (κ1) is 13.2. The van der Waals surface area contributed by atoms with E-state index in [0.717, 1.165) is 38.0 Å². The van der Waals surface area contributed by atoms with Crippen molar-refractivity contribution in [3.63, 3.8) is 0 Å². The van der Waals surface area contributed by atoms with E-state index in [-0.39, 0.29) is 0 Å². The molecular formula is C10H24NOP. The first-order chi connectivity index (χ1) is 6.06. The van der Waals surface area contributed by atoms with Crippen molar-refractivity contribution in [1.82, 2.24) is 4.67 Å². The Hall–Kier alpha value is 0.190. The highest BCUT2D eigenvalue weighted by molar-refractivity contribution is 7.61. The van der Waals surface area contributed by atoms with Crippen molar-refractivity contribution >= 4 is 7.29 Å². The van der Waals surface area contributed by atoms with Gasteiger partial charge in [-0.3, -0.25) is 4.67 Å². The number of hydrogen-bond donors (Lipinski definition) is 0. The minimum absolute atomic E-state index is 0.899. The minimum Gasteiger partial charge on any atom is -0.307 e. The molecule has 0 aromatic heterocycles.